The second-order valence-electron chi connectivity index (χ2n) is 4.50. The number of fused-ring (bicyclic) bond motifs is 1. The number of hydrogen-bond donors (Lipinski definition) is 2. The zero-order chi connectivity index (χ0) is 15.4. The van der Waals surface area contributed by atoms with Crippen LogP contribution < -0.4 is 15.8 Å². The van der Waals surface area contributed by atoms with Gasteiger partial charge in [0.25, 0.3) is 0 Å². The fourth-order valence-corrected chi connectivity index (χ4v) is 2.01. The molecule has 0 bridgehead atoms. The first-order chi connectivity index (χ1) is 10.1. The molecule has 0 aromatic carbocycles. The van der Waals surface area contributed by atoms with Gasteiger partial charge in [-0.05, 0) is 13.0 Å². The van der Waals surface area contributed by atoms with Crippen LogP contribution >= 0.6 is 0 Å². The number of pyridine rings is 1. The van der Waals surface area contributed by atoms with Crippen LogP contribution in [0.5, 0.6) is 5.88 Å². The average Bonchev–Trinajstić information content (AvgIpc) is 2.81. The predicted molar refractivity (Wildman–Crippen MR) is 78.1 cm³/mol. The van der Waals surface area contributed by atoms with Gasteiger partial charge in [-0.15, -0.1) is 0 Å². The molecule has 2 rings (SSSR count). The number of anilines is 1. The van der Waals surface area contributed by atoms with E-state index in [-0.39, 0.29) is 11.9 Å². The van der Waals surface area contributed by atoms with E-state index >= 15 is 0 Å². The lowest BCUT2D eigenvalue weighted by atomic mass is 10.3. The van der Waals surface area contributed by atoms with Gasteiger partial charge in [0.05, 0.1) is 13.7 Å². The molecular weight excluding hydrogens is 274 g/mol. The van der Waals surface area contributed by atoms with Crippen LogP contribution in [0.1, 0.15) is 13.0 Å². The Bertz CT molecular complexity index is 640. The number of carbonyl (C=O) groups is 1. The highest BCUT2D eigenvalue weighted by Crippen LogP contribution is 2.23. The summed E-state index contributed by atoms with van der Waals surface area (Å²) < 4.78 is 11.6. The number of ether oxygens (including phenoxy) is 2. The predicted octanol–water partition coefficient (Wildman–Crippen LogP) is 0.346. The van der Waals surface area contributed by atoms with Gasteiger partial charge in [0, 0.05) is 19.7 Å². The molecule has 1 unspecified atom stereocenters. The third-order valence-corrected chi connectivity index (χ3v) is 3.12. The van der Waals surface area contributed by atoms with Gasteiger partial charge in [0.15, 0.2) is 5.65 Å². The van der Waals surface area contributed by atoms with Crippen molar-refractivity contribution in [1.29, 1.82) is 0 Å². The second kappa shape index (κ2) is 6.40. The number of carbonyl (C=O) groups excluding carboxylic acids is 1. The molecule has 0 spiro atoms. The number of methoxy groups -OCH3 is 2. The lowest BCUT2D eigenvalue weighted by Gasteiger charge is -2.15. The Morgan fingerprint density at radius 2 is 2.19 bits per heavy atom. The van der Waals surface area contributed by atoms with Gasteiger partial charge >= 0.3 is 0 Å². The molecule has 21 heavy (non-hydrogen) atoms. The molecule has 0 fully saturated rings. The molecular formula is C13H19N5O3. The summed E-state index contributed by atoms with van der Waals surface area (Å²) in [5, 5.41) is 2.77. The summed E-state index contributed by atoms with van der Waals surface area (Å²) in [6.07, 6.45) is 0. The maximum atomic E-state index is 12.1. The van der Waals surface area contributed by atoms with Crippen LogP contribution in [-0.2, 0) is 9.53 Å². The summed E-state index contributed by atoms with van der Waals surface area (Å²) in [5.41, 5.74) is 7.04. The minimum Gasteiger partial charge on any atom is -0.481 e. The fraction of sp³-hybridized carbons (Fsp3) is 0.462. The van der Waals surface area contributed by atoms with Crippen LogP contribution in [0.15, 0.2) is 12.1 Å². The monoisotopic (exact) mass is 293 g/mol. The van der Waals surface area contributed by atoms with Crippen LogP contribution in [-0.4, -0.2) is 47.8 Å². The van der Waals surface area contributed by atoms with Crippen LogP contribution in [0.25, 0.3) is 11.2 Å². The molecule has 8 heteroatoms. The van der Waals surface area contributed by atoms with E-state index in [1.54, 1.807) is 30.7 Å². The number of amides is 1. The number of rotatable bonds is 6. The summed E-state index contributed by atoms with van der Waals surface area (Å²) in [6.45, 7) is 2.62. The average molecular weight is 293 g/mol. The molecule has 0 radical (unpaired) electrons. The molecule has 2 aromatic rings. The Hall–Kier alpha value is -2.35. The Balaban J connectivity index is 2.31. The van der Waals surface area contributed by atoms with Crippen molar-refractivity contribution < 1.29 is 14.3 Å². The van der Waals surface area contributed by atoms with Crippen molar-refractivity contribution in [3.8, 4) is 5.88 Å². The molecule has 2 aromatic heterocycles. The smallest absolute Gasteiger partial charge is 0.243 e. The molecule has 0 aliphatic rings. The van der Waals surface area contributed by atoms with Crippen LogP contribution in [0.2, 0.25) is 0 Å². The second-order valence-corrected chi connectivity index (χ2v) is 4.50. The lowest BCUT2D eigenvalue weighted by Crippen LogP contribution is -2.33. The quantitative estimate of drug-likeness (QED) is 0.744. The van der Waals surface area contributed by atoms with E-state index in [1.807, 2.05) is 0 Å². The van der Waals surface area contributed by atoms with E-state index in [0.29, 0.717) is 30.2 Å². The van der Waals surface area contributed by atoms with Crippen molar-refractivity contribution in [3.05, 3.63) is 12.1 Å². The number of nitrogens with one attached hydrogen (secondary N) is 1. The SMILES string of the molecule is COCCNC(=O)C(C)n1c(N)nc2ccc(OC)nc21. The minimum absolute atomic E-state index is 0.178. The first-order valence-corrected chi connectivity index (χ1v) is 6.53. The Labute approximate surface area is 122 Å². The zero-order valence-corrected chi connectivity index (χ0v) is 12.3. The van der Waals surface area contributed by atoms with E-state index in [9.17, 15) is 4.79 Å². The molecule has 1 atom stereocenters. The number of nitrogens with zero attached hydrogens (tertiary/aromatic N) is 3. The fourth-order valence-electron chi connectivity index (χ4n) is 2.01. The summed E-state index contributed by atoms with van der Waals surface area (Å²) >= 11 is 0. The summed E-state index contributed by atoms with van der Waals surface area (Å²) in [6, 6.07) is 2.91. The molecule has 2 heterocycles. The number of nitrogens with two attached hydrogens (primary N) is 1. The van der Waals surface area contributed by atoms with Crippen molar-refractivity contribution in [3.63, 3.8) is 0 Å². The minimum atomic E-state index is -0.536. The molecule has 3 N–H and O–H groups in total. The third-order valence-electron chi connectivity index (χ3n) is 3.12. The number of aromatic nitrogens is 3. The van der Waals surface area contributed by atoms with Crippen molar-refractivity contribution in [2.45, 2.75) is 13.0 Å². The molecule has 0 saturated heterocycles. The van der Waals surface area contributed by atoms with Gasteiger partial charge in [0.1, 0.15) is 11.6 Å². The van der Waals surface area contributed by atoms with Crippen molar-refractivity contribution in [1.82, 2.24) is 19.9 Å². The van der Waals surface area contributed by atoms with E-state index in [4.69, 9.17) is 15.2 Å². The molecule has 0 saturated carbocycles. The van der Waals surface area contributed by atoms with E-state index in [2.05, 4.69) is 15.3 Å². The largest absolute Gasteiger partial charge is 0.481 e. The highest BCUT2D eigenvalue weighted by atomic mass is 16.5. The molecule has 0 aliphatic carbocycles. The van der Waals surface area contributed by atoms with E-state index < -0.39 is 6.04 Å². The highest BCUT2D eigenvalue weighted by Gasteiger charge is 2.21. The first-order valence-electron chi connectivity index (χ1n) is 6.53. The first kappa shape index (κ1) is 15.0. The Morgan fingerprint density at radius 3 is 2.86 bits per heavy atom. The molecule has 114 valence electrons. The molecule has 8 nitrogen and oxygen atoms in total. The van der Waals surface area contributed by atoms with Gasteiger partial charge in [-0.3, -0.25) is 9.36 Å². The maximum absolute atomic E-state index is 12.1. The number of imidazole rings is 1. The van der Waals surface area contributed by atoms with Gasteiger partial charge in [-0.1, -0.05) is 0 Å². The maximum Gasteiger partial charge on any atom is 0.243 e. The van der Waals surface area contributed by atoms with Gasteiger partial charge in [-0.25, -0.2) is 4.98 Å². The van der Waals surface area contributed by atoms with Crippen molar-refractivity contribution in [2.75, 3.05) is 33.1 Å². The van der Waals surface area contributed by atoms with E-state index in [0.717, 1.165) is 0 Å². The molecule has 1 amide bonds. The van der Waals surface area contributed by atoms with Gasteiger partial charge in [-0.2, -0.15) is 4.98 Å². The van der Waals surface area contributed by atoms with Gasteiger partial charge < -0.3 is 20.5 Å². The lowest BCUT2D eigenvalue weighted by molar-refractivity contribution is -0.123. The standard InChI is InChI=1S/C13H19N5O3/c1-8(12(19)15-6-7-20-2)18-11-9(16-13(18)14)4-5-10(17-11)21-3/h4-5,8H,6-7H2,1-3H3,(H2,14,16)(H,15,19). The Morgan fingerprint density at radius 1 is 1.43 bits per heavy atom. The topological polar surface area (TPSA) is 104 Å². The summed E-state index contributed by atoms with van der Waals surface area (Å²) in [5.74, 6) is 0.499. The number of nitrogen functional groups attached to an aromatic ring is 1. The van der Waals surface area contributed by atoms with E-state index in [1.165, 1.54) is 7.11 Å². The van der Waals surface area contributed by atoms with Gasteiger partial charge in [0.2, 0.25) is 17.7 Å². The number of hydrogen-bond acceptors (Lipinski definition) is 6. The van der Waals surface area contributed by atoms with Crippen molar-refractivity contribution >= 4 is 23.0 Å². The summed E-state index contributed by atoms with van der Waals surface area (Å²) in [4.78, 5) is 20.7. The highest BCUT2D eigenvalue weighted by molar-refractivity contribution is 5.84. The normalized spacial score (nSPS) is 12.3. The zero-order valence-electron chi connectivity index (χ0n) is 12.3. The van der Waals surface area contributed by atoms with Crippen LogP contribution in [0, 0.1) is 0 Å². The van der Waals surface area contributed by atoms with Crippen molar-refractivity contribution in [2.24, 2.45) is 0 Å². The Kier molecular flexibility index (Phi) is 4.59. The molecule has 0 aliphatic heterocycles. The third kappa shape index (κ3) is 3.05. The van der Waals surface area contributed by atoms with Crippen LogP contribution in [0.4, 0.5) is 5.95 Å². The van der Waals surface area contributed by atoms with Crippen LogP contribution in [0.3, 0.4) is 0 Å². The summed E-state index contributed by atoms with van der Waals surface area (Å²) in [7, 11) is 3.10.